The van der Waals surface area contributed by atoms with Crippen LogP contribution in [0.2, 0.25) is 0 Å². The molecule has 3 heterocycles. The molecule has 9 rings (SSSR count). The molecular formula is C37H23NO3. The quantitative estimate of drug-likeness (QED) is 0.224. The van der Waals surface area contributed by atoms with Crippen LogP contribution >= 0.6 is 0 Å². The van der Waals surface area contributed by atoms with Gasteiger partial charge in [0.15, 0.2) is 0 Å². The molecule has 0 unspecified atom stereocenters. The summed E-state index contributed by atoms with van der Waals surface area (Å²) in [5.74, 6) is 1.61. The van der Waals surface area contributed by atoms with Gasteiger partial charge in [-0.2, -0.15) is 0 Å². The Hall–Kier alpha value is -5.48. The minimum atomic E-state index is 0.156. The first-order valence-corrected chi connectivity index (χ1v) is 13.8. The molecule has 0 radical (unpaired) electrons. The van der Waals surface area contributed by atoms with Gasteiger partial charge in [0, 0.05) is 44.4 Å². The second kappa shape index (κ2) is 8.51. The molecule has 0 saturated carbocycles. The highest BCUT2D eigenvalue weighted by atomic mass is 16.7. The van der Waals surface area contributed by atoms with Gasteiger partial charge in [-0.15, -0.1) is 0 Å². The third kappa shape index (κ3) is 3.34. The molecule has 4 heteroatoms. The molecule has 6 aromatic carbocycles. The Kier molecular flexibility index (Phi) is 4.64. The third-order valence-corrected chi connectivity index (χ3v) is 8.21. The average Bonchev–Trinajstić information content (AvgIpc) is 3.50. The van der Waals surface area contributed by atoms with Crippen molar-refractivity contribution in [1.82, 2.24) is 4.57 Å². The molecule has 2 aromatic heterocycles. The van der Waals surface area contributed by atoms with Gasteiger partial charge in [0.2, 0.25) is 6.79 Å². The van der Waals surface area contributed by atoms with Gasteiger partial charge in [-0.1, -0.05) is 66.7 Å². The number of para-hydroxylation sites is 3. The topological polar surface area (TPSA) is 36.5 Å². The smallest absolute Gasteiger partial charge is 0.230 e. The number of rotatable bonds is 2. The lowest BCUT2D eigenvalue weighted by Crippen LogP contribution is -2.04. The maximum Gasteiger partial charge on any atom is 0.230 e. The molecule has 4 nitrogen and oxygen atoms in total. The number of hydrogen-bond donors (Lipinski definition) is 0. The molecule has 1 aliphatic rings. The van der Waals surface area contributed by atoms with E-state index in [0.29, 0.717) is 0 Å². The summed E-state index contributed by atoms with van der Waals surface area (Å²) in [6.07, 6.45) is 0. The number of aromatic nitrogens is 1. The lowest BCUT2D eigenvalue weighted by Gasteiger charge is -2.13. The molecule has 0 aliphatic carbocycles. The zero-order chi connectivity index (χ0) is 26.9. The summed E-state index contributed by atoms with van der Waals surface area (Å²) in [7, 11) is 0. The SMILES string of the molecule is c1ccc2c(c1)oc1ccc(-c3ccc4c(c3)-c3ccc(-n5c6ccccc6c6ccccc65)cc3OCO4)cc12. The van der Waals surface area contributed by atoms with Gasteiger partial charge >= 0.3 is 0 Å². The largest absolute Gasteiger partial charge is 0.457 e. The molecule has 1 aliphatic heterocycles. The molecule has 41 heavy (non-hydrogen) atoms. The molecule has 0 saturated heterocycles. The standard InChI is InChI=1S/C37H23NO3/c1-4-10-32-26(7-1)27-8-2-5-11-33(27)38(32)25-15-16-29-30-19-23(13-17-34(30)39-22-40-37(29)21-25)24-14-18-36-31(20-24)28-9-3-6-12-35(28)41-36/h1-21H,22H2. The summed E-state index contributed by atoms with van der Waals surface area (Å²) >= 11 is 0. The first-order chi connectivity index (χ1) is 20.3. The van der Waals surface area contributed by atoms with E-state index < -0.39 is 0 Å². The fourth-order valence-corrected chi connectivity index (χ4v) is 6.30. The van der Waals surface area contributed by atoms with Crippen molar-refractivity contribution in [2.45, 2.75) is 0 Å². The predicted molar refractivity (Wildman–Crippen MR) is 165 cm³/mol. The van der Waals surface area contributed by atoms with Crippen LogP contribution in [0.1, 0.15) is 0 Å². The maximum atomic E-state index is 6.19. The van der Waals surface area contributed by atoms with Crippen molar-refractivity contribution in [3.63, 3.8) is 0 Å². The van der Waals surface area contributed by atoms with E-state index in [2.05, 4.69) is 108 Å². The number of fused-ring (bicyclic) bond motifs is 9. The zero-order valence-corrected chi connectivity index (χ0v) is 22.0. The molecule has 0 amide bonds. The lowest BCUT2D eigenvalue weighted by atomic mass is 9.96. The molecule has 0 atom stereocenters. The van der Waals surface area contributed by atoms with Crippen LogP contribution in [-0.2, 0) is 0 Å². The highest BCUT2D eigenvalue weighted by Gasteiger charge is 2.20. The number of furan rings is 1. The van der Waals surface area contributed by atoms with Gasteiger partial charge in [-0.25, -0.2) is 0 Å². The van der Waals surface area contributed by atoms with Crippen molar-refractivity contribution in [1.29, 1.82) is 0 Å². The molecule has 194 valence electrons. The van der Waals surface area contributed by atoms with E-state index >= 15 is 0 Å². The van der Waals surface area contributed by atoms with Gasteiger partial charge < -0.3 is 18.5 Å². The molecule has 8 aromatic rings. The van der Waals surface area contributed by atoms with Crippen LogP contribution in [0.3, 0.4) is 0 Å². The van der Waals surface area contributed by atoms with Gasteiger partial charge in [0.1, 0.15) is 22.7 Å². The van der Waals surface area contributed by atoms with Gasteiger partial charge in [-0.05, 0) is 65.7 Å². The Balaban J connectivity index is 1.19. The molecule has 0 bridgehead atoms. The van der Waals surface area contributed by atoms with Crippen LogP contribution in [0.4, 0.5) is 0 Å². The van der Waals surface area contributed by atoms with Crippen molar-refractivity contribution in [3.8, 4) is 39.4 Å². The van der Waals surface area contributed by atoms with E-state index in [-0.39, 0.29) is 6.79 Å². The first-order valence-electron chi connectivity index (χ1n) is 13.8. The van der Waals surface area contributed by atoms with Crippen LogP contribution < -0.4 is 9.47 Å². The van der Waals surface area contributed by atoms with Crippen LogP contribution in [0.15, 0.2) is 132 Å². The summed E-state index contributed by atoms with van der Waals surface area (Å²) in [5.41, 5.74) is 9.45. The van der Waals surface area contributed by atoms with Gasteiger partial charge in [0.05, 0.1) is 11.0 Å². The number of benzene rings is 6. The Bertz CT molecular complexity index is 2250. The number of hydrogen-bond acceptors (Lipinski definition) is 3. The zero-order valence-electron chi connectivity index (χ0n) is 22.0. The van der Waals surface area contributed by atoms with Crippen molar-refractivity contribution in [2.24, 2.45) is 0 Å². The van der Waals surface area contributed by atoms with Crippen molar-refractivity contribution in [2.75, 3.05) is 6.79 Å². The summed E-state index contributed by atoms with van der Waals surface area (Å²) in [4.78, 5) is 0. The molecule has 0 fully saturated rings. The highest BCUT2D eigenvalue weighted by molar-refractivity contribution is 6.09. The lowest BCUT2D eigenvalue weighted by molar-refractivity contribution is 0.125. The van der Waals surface area contributed by atoms with Crippen LogP contribution in [-0.4, -0.2) is 11.4 Å². The van der Waals surface area contributed by atoms with E-state index in [9.17, 15) is 0 Å². The van der Waals surface area contributed by atoms with Gasteiger partial charge in [-0.3, -0.25) is 0 Å². The summed E-state index contributed by atoms with van der Waals surface area (Å²) in [5, 5.41) is 4.71. The third-order valence-electron chi connectivity index (χ3n) is 8.21. The Labute approximate surface area is 235 Å². The Morgan fingerprint density at radius 2 is 1.12 bits per heavy atom. The first kappa shape index (κ1) is 22.3. The number of ether oxygens (including phenoxy) is 2. The minimum Gasteiger partial charge on any atom is -0.457 e. The normalized spacial score (nSPS) is 12.7. The van der Waals surface area contributed by atoms with E-state index in [1.54, 1.807) is 0 Å². The molecular weight excluding hydrogens is 506 g/mol. The molecule has 0 N–H and O–H groups in total. The van der Waals surface area contributed by atoms with E-state index in [1.165, 1.54) is 21.8 Å². The van der Waals surface area contributed by atoms with Crippen molar-refractivity contribution in [3.05, 3.63) is 127 Å². The maximum absolute atomic E-state index is 6.19. The van der Waals surface area contributed by atoms with Crippen LogP contribution in [0.25, 0.3) is 71.7 Å². The summed E-state index contributed by atoms with van der Waals surface area (Å²) < 4.78 is 20.6. The van der Waals surface area contributed by atoms with Crippen LogP contribution in [0.5, 0.6) is 11.5 Å². The Morgan fingerprint density at radius 3 is 1.95 bits per heavy atom. The minimum absolute atomic E-state index is 0.156. The fourth-order valence-electron chi connectivity index (χ4n) is 6.30. The molecule has 0 spiro atoms. The van der Waals surface area contributed by atoms with Crippen molar-refractivity contribution >= 4 is 43.7 Å². The Morgan fingerprint density at radius 1 is 0.463 bits per heavy atom. The second-order valence-electron chi connectivity index (χ2n) is 10.5. The van der Waals surface area contributed by atoms with E-state index in [4.69, 9.17) is 13.9 Å². The second-order valence-corrected chi connectivity index (χ2v) is 10.5. The number of nitrogens with zero attached hydrogens (tertiary/aromatic N) is 1. The predicted octanol–water partition coefficient (Wildman–Crippen LogP) is 9.75. The van der Waals surface area contributed by atoms with Gasteiger partial charge in [0.25, 0.3) is 0 Å². The fraction of sp³-hybridized carbons (Fsp3) is 0.0270. The average molecular weight is 530 g/mol. The monoisotopic (exact) mass is 529 g/mol. The summed E-state index contributed by atoms with van der Waals surface area (Å²) in [6.45, 7) is 0.156. The van der Waals surface area contributed by atoms with Crippen molar-refractivity contribution < 1.29 is 13.9 Å². The highest BCUT2D eigenvalue weighted by Crippen LogP contribution is 2.43. The summed E-state index contributed by atoms with van der Waals surface area (Å²) in [6, 6.07) is 44.5. The van der Waals surface area contributed by atoms with Crippen LogP contribution in [0, 0.1) is 0 Å². The van der Waals surface area contributed by atoms with E-state index in [0.717, 1.165) is 61.4 Å². The van der Waals surface area contributed by atoms with E-state index in [1.807, 2.05) is 24.3 Å².